The van der Waals surface area contributed by atoms with Crippen LogP contribution in [-0.4, -0.2) is 45.3 Å². The first-order valence-electron chi connectivity index (χ1n) is 13.3. The van der Waals surface area contributed by atoms with Crippen LogP contribution < -0.4 is 0 Å². The highest BCUT2D eigenvalue weighted by Gasteiger charge is 2.33. The van der Waals surface area contributed by atoms with Crippen LogP contribution in [-0.2, 0) is 22.7 Å². The normalized spacial score (nSPS) is 16.9. The van der Waals surface area contributed by atoms with E-state index in [4.69, 9.17) is 0 Å². The molecule has 1 aromatic carbocycles. The minimum atomic E-state index is 0.104. The molecular weight excluding hydrogens is 422 g/mol. The molecule has 5 heteroatoms. The number of hydrogen-bond donors (Lipinski definition) is 0. The monoisotopic (exact) mass is 463 g/mol. The third-order valence-corrected chi connectivity index (χ3v) is 7.47. The predicted octanol–water partition coefficient (Wildman–Crippen LogP) is 5.48. The van der Waals surface area contributed by atoms with Gasteiger partial charge in [0, 0.05) is 36.9 Å². The summed E-state index contributed by atoms with van der Waals surface area (Å²) >= 11 is 0. The standard InChI is InChI=1S/C29H41N3O2/c1-23(2)19-31(29(34)25-13-9-14-25)22-28(33)32(26-15-7-4-8-16-26)21-27-17-10-18-30(27)20-24-11-5-3-6-12-24/h3,5-6,10-12,17-18,23,25-26H,4,7-9,13-16,19-22H2,1-2H3. The van der Waals surface area contributed by atoms with E-state index in [1.165, 1.54) is 24.8 Å². The molecule has 2 aromatic rings. The number of hydrogen-bond acceptors (Lipinski definition) is 2. The van der Waals surface area contributed by atoms with Crippen molar-refractivity contribution in [3.8, 4) is 0 Å². The van der Waals surface area contributed by atoms with Crippen molar-refractivity contribution in [3.05, 3.63) is 59.9 Å². The van der Waals surface area contributed by atoms with Gasteiger partial charge in [0.1, 0.15) is 0 Å². The molecule has 0 aliphatic heterocycles. The summed E-state index contributed by atoms with van der Waals surface area (Å²) in [4.78, 5) is 30.9. The van der Waals surface area contributed by atoms with E-state index in [0.29, 0.717) is 19.0 Å². The molecule has 0 atom stereocenters. The van der Waals surface area contributed by atoms with Crippen LogP contribution in [0, 0.1) is 11.8 Å². The first-order chi connectivity index (χ1) is 16.5. The van der Waals surface area contributed by atoms with Crippen LogP contribution in [0.1, 0.15) is 76.5 Å². The van der Waals surface area contributed by atoms with Crippen molar-refractivity contribution < 1.29 is 9.59 Å². The lowest BCUT2D eigenvalue weighted by atomic mass is 9.84. The zero-order valence-corrected chi connectivity index (χ0v) is 21.0. The molecule has 5 nitrogen and oxygen atoms in total. The summed E-state index contributed by atoms with van der Waals surface area (Å²) in [7, 11) is 0. The Labute approximate surface area is 205 Å². The van der Waals surface area contributed by atoms with Gasteiger partial charge in [0.2, 0.25) is 11.8 Å². The molecule has 0 unspecified atom stereocenters. The summed E-state index contributed by atoms with van der Waals surface area (Å²) in [6.45, 7) is 6.53. The Hall–Kier alpha value is -2.56. The summed E-state index contributed by atoms with van der Waals surface area (Å²) < 4.78 is 2.25. The van der Waals surface area contributed by atoms with Crippen molar-refractivity contribution in [2.45, 2.75) is 84.3 Å². The molecule has 1 aromatic heterocycles. The third-order valence-electron chi connectivity index (χ3n) is 7.47. The lowest BCUT2D eigenvalue weighted by Gasteiger charge is -2.38. The van der Waals surface area contributed by atoms with Crippen LogP contribution in [0.5, 0.6) is 0 Å². The van der Waals surface area contributed by atoms with Gasteiger partial charge >= 0.3 is 0 Å². The Morgan fingerprint density at radius 1 is 0.941 bits per heavy atom. The molecule has 0 bridgehead atoms. The zero-order valence-electron chi connectivity index (χ0n) is 21.0. The number of aromatic nitrogens is 1. The van der Waals surface area contributed by atoms with Gasteiger partial charge in [-0.1, -0.05) is 69.9 Å². The molecule has 0 spiro atoms. The first-order valence-corrected chi connectivity index (χ1v) is 13.3. The van der Waals surface area contributed by atoms with E-state index in [9.17, 15) is 9.59 Å². The Bertz CT molecular complexity index is 926. The Kier molecular flexibility index (Phi) is 8.47. The summed E-state index contributed by atoms with van der Waals surface area (Å²) in [6.07, 6.45) is 10.9. The lowest BCUT2D eigenvalue weighted by Crippen LogP contribution is -2.50. The van der Waals surface area contributed by atoms with Gasteiger partial charge in [0.05, 0.1) is 13.1 Å². The van der Waals surface area contributed by atoms with Gasteiger partial charge in [0.25, 0.3) is 0 Å². The number of amides is 2. The van der Waals surface area contributed by atoms with E-state index in [1.54, 1.807) is 0 Å². The number of rotatable bonds is 10. The van der Waals surface area contributed by atoms with E-state index in [2.05, 4.69) is 65.9 Å². The fraction of sp³-hybridized carbons (Fsp3) is 0.586. The molecular formula is C29H41N3O2. The average Bonchev–Trinajstić information content (AvgIpc) is 3.23. The highest BCUT2D eigenvalue weighted by atomic mass is 16.2. The average molecular weight is 464 g/mol. The van der Waals surface area contributed by atoms with Gasteiger partial charge in [-0.25, -0.2) is 0 Å². The molecule has 2 saturated carbocycles. The molecule has 1 heterocycles. The first kappa shape index (κ1) is 24.6. The molecule has 0 N–H and O–H groups in total. The SMILES string of the molecule is CC(C)CN(CC(=O)N(Cc1cccn1Cc1ccccc1)C1CCCCC1)C(=O)C1CCC1. The predicted molar refractivity (Wildman–Crippen MR) is 136 cm³/mol. The highest BCUT2D eigenvalue weighted by Crippen LogP contribution is 2.29. The lowest BCUT2D eigenvalue weighted by molar-refractivity contribution is -0.146. The van der Waals surface area contributed by atoms with E-state index >= 15 is 0 Å². The molecule has 0 radical (unpaired) electrons. The van der Waals surface area contributed by atoms with E-state index in [1.807, 2.05) is 11.0 Å². The Morgan fingerprint density at radius 3 is 2.32 bits per heavy atom. The summed E-state index contributed by atoms with van der Waals surface area (Å²) in [6, 6.07) is 14.9. The van der Waals surface area contributed by atoms with Crippen LogP contribution in [0.25, 0.3) is 0 Å². The largest absolute Gasteiger partial charge is 0.345 e. The number of nitrogens with zero attached hydrogens (tertiary/aromatic N) is 3. The minimum Gasteiger partial charge on any atom is -0.345 e. The smallest absolute Gasteiger partial charge is 0.242 e. The van der Waals surface area contributed by atoms with Crippen LogP contribution in [0.4, 0.5) is 0 Å². The molecule has 2 fully saturated rings. The van der Waals surface area contributed by atoms with Crippen molar-refractivity contribution >= 4 is 11.8 Å². The van der Waals surface area contributed by atoms with Crippen molar-refractivity contribution in [3.63, 3.8) is 0 Å². The maximum Gasteiger partial charge on any atom is 0.242 e. The minimum absolute atomic E-state index is 0.104. The van der Waals surface area contributed by atoms with Crippen LogP contribution in [0.15, 0.2) is 48.7 Å². The van der Waals surface area contributed by atoms with Crippen LogP contribution in [0.2, 0.25) is 0 Å². The fourth-order valence-electron chi connectivity index (χ4n) is 5.36. The van der Waals surface area contributed by atoms with Gasteiger partial charge in [-0.15, -0.1) is 0 Å². The second kappa shape index (κ2) is 11.7. The van der Waals surface area contributed by atoms with Crippen molar-refractivity contribution in [2.75, 3.05) is 13.1 Å². The molecule has 34 heavy (non-hydrogen) atoms. The molecule has 2 amide bonds. The fourth-order valence-corrected chi connectivity index (χ4v) is 5.36. The highest BCUT2D eigenvalue weighted by molar-refractivity contribution is 5.86. The molecule has 184 valence electrons. The topological polar surface area (TPSA) is 45.6 Å². The second-order valence-corrected chi connectivity index (χ2v) is 10.7. The summed E-state index contributed by atoms with van der Waals surface area (Å²) in [5, 5.41) is 0. The van der Waals surface area contributed by atoms with Gasteiger partial charge < -0.3 is 14.4 Å². The van der Waals surface area contributed by atoms with E-state index in [-0.39, 0.29) is 30.3 Å². The molecule has 2 aliphatic carbocycles. The number of benzene rings is 1. The van der Waals surface area contributed by atoms with E-state index in [0.717, 1.165) is 44.3 Å². The van der Waals surface area contributed by atoms with Crippen molar-refractivity contribution in [1.29, 1.82) is 0 Å². The second-order valence-electron chi connectivity index (χ2n) is 10.7. The zero-order chi connectivity index (χ0) is 23.9. The number of carbonyl (C=O) groups is 2. The van der Waals surface area contributed by atoms with Crippen molar-refractivity contribution in [1.82, 2.24) is 14.4 Å². The molecule has 2 aliphatic rings. The third kappa shape index (κ3) is 6.31. The Balaban J connectivity index is 1.51. The van der Waals surface area contributed by atoms with Gasteiger partial charge in [0.15, 0.2) is 0 Å². The van der Waals surface area contributed by atoms with Crippen LogP contribution >= 0.6 is 0 Å². The van der Waals surface area contributed by atoms with Crippen molar-refractivity contribution in [2.24, 2.45) is 11.8 Å². The van der Waals surface area contributed by atoms with Crippen LogP contribution in [0.3, 0.4) is 0 Å². The summed E-state index contributed by atoms with van der Waals surface area (Å²) in [5.41, 5.74) is 2.41. The van der Waals surface area contributed by atoms with E-state index < -0.39 is 0 Å². The molecule has 0 saturated heterocycles. The number of carbonyl (C=O) groups excluding carboxylic acids is 2. The van der Waals surface area contributed by atoms with Gasteiger partial charge in [-0.3, -0.25) is 9.59 Å². The quantitative estimate of drug-likeness (QED) is 0.468. The Morgan fingerprint density at radius 2 is 1.68 bits per heavy atom. The maximum atomic E-state index is 13.8. The molecule has 4 rings (SSSR count). The van der Waals surface area contributed by atoms with Gasteiger partial charge in [-0.05, 0) is 49.3 Å². The van der Waals surface area contributed by atoms with Gasteiger partial charge in [-0.2, -0.15) is 0 Å². The maximum absolute atomic E-state index is 13.8. The summed E-state index contributed by atoms with van der Waals surface area (Å²) in [5.74, 6) is 0.762.